The van der Waals surface area contributed by atoms with Gasteiger partial charge in [0, 0.05) is 18.3 Å². The zero-order chi connectivity index (χ0) is 15.6. The molecule has 0 saturated heterocycles. The van der Waals surface area contributed by atoms with Crippen LogP contribution in [0.1, 0.15) is 39.2 Å². The third-order valence-electron chi connectivity index (χ3n) is 4.14. The largest absolute Gasteiger partial charge is 0.349 e. The van der Waals surface area contributed by atoms with Crippen LogP contribution >= 0.6 is 11.8 Å². The summed E-state index contributed by atoms with van der Waals surface area (Å²) in [5.74, 6) is 0.982. The van der Waals surface area contributed by atoms with E-state index in [1.807, 2.05) is 25.2 Å². The molecule has 1 heterocycles. The SMILES string of the molecule is CC(c1ccccc1)C1CSC(N(C)C(C)(C)C)=NC1=O. The van der Waals surface area contributed by atoms with Gasteiger partial charge in [0.1, 0.15) is 0 Å². The second kappa shape index (κ2) is 6.22. The van der Waals surface area contributed by atoms with Crippen molar-refractivity contribution in [1.29, 1.82) is 0 Å². The molecule has 1 amide bonds. The van der Waals surface area contributed by atoms with E-state index in [-0.39, 0.29) is 23.3 Å². The van der Waals surface area contributed by atoms with Crippen LogP contribution in [0.2, 0.25) is 0 Å². The fourth-order valence-corrected chi connectivity index (χ4v) is 3.63. The van der Waals surface area contributed by atoms with Crippen LogP contribution in [-0.4, -0.2) is 34.3 Å². The summed E-state index contributed by atoms with van der Waals surface area (Å²) >= 11 is 1.69. The first-order chi connectivity index (χ1) is 9.80. The number of hydrogen-bond donors (Lipinski definition) is 0. The summed E-state index contributed by atoms with van der Waals surface area (Å²) in [5, 5.41) is 0.837. The maximum Gasteiger partial charge on any atom is 0.252 e. The number of carbonyl (C=O) groups excluding carboxylic acids is 1. The zero-order valence-corrected chi connectivity index (χ0v) is 14.3. The van der Waals surface area contributed by atoms with E-state index in [1.54, 1.807) is 11.8 Å². The Labute approximate surface area is 131 Å². The van der Waals surface area contributed by atoms with Gasteiger partial charge in [0.25, 0.3) is 5.91 Å². The highest BCUT2D eigenvalue weighted by Gasteiger charge is 2.33. The molecule has 21 heavy (non-hydrogen) atoms. The van der Waals surface area contributed by atoms with Gasteiger partial charge in [-0.25, -0.2) is 0 Å². The molecular formula is C17H24N2OS. The lowest BCUT2D eigenvalue weighted by atomic mass is 9.88. The second-order valence-electron chi connectivity index (χ2n) is 6.58. The maximum atomic E-state index is 12.4. The normalized spacial score (nSPS) is 20.9. The van der Waals surface area contributed by atoms with E-state index >= 15 is 0 Å². The van der Waals surface area contributed by atoms with Gasteiger partial charge in [0.2, 0.25) is 0 Å². The molecule has 2 rings (SSSR count). The van der Waals surface area contributed by atoms with Gasteiger partial charge in [-0.15, -0.1) is 0 Å². The number of thioether (sulfide) groups is 1. The summed E-state index contributed by atoms with van der Waals surface area (Å²) in [7, 11) is 2.00. The quantitative estimate of drug-likeness (QED) is 0.834. The highest BCUT2D eigenvalue weighted by atomic mass is 32.2. The van der Waals surface area contributed by atoms with Crippen LogP contribution in [0.4, 0.5) is 0 Å². The Bertz CT molecular complexity index is 533. The zero-order valence-electron chi connectivity index (χ0n) is 13.5. The first kappa shape index (κ1) is 16.1. The van der Waals surface area contributed by atoms with Crippen molar-refractivity contribution in [3.05, 3.63) is 35.9 Å². The molecule has 1 aromatic carbocycles. The second-order valence-corrected chi connectivity index (χ2v) is 7.57. The van der Waals surface area contributed by atoms with Gasteiger partial charge in [0.15, 0.2) is 5.17 Å². The van der Waals surface area contributed by atoms with E-state index in [0.29, 0.717) is 0 Å². The van der Waals surface area contributed by atoms with Gasteiger partial charge in [-0.2, -0.15) is 4.99 Å². The van der Waals surface area contributed by atoms with Crippen molar-refractivity contribution in [2.45, 2.75) is 39.2 Å². The molecule has 0 radical (unpaired) electrons. The van der Waals surface area contributed by atoms with E-state index in [4.69, 9.17) is 0 Å². The van der Waals surface area contributed by atoms with Crippen molar-refractivity contribution in [3.8, 4) is 0 Å². The lowest BCUT2D eigenvalue weighted by Crippen LogP contribution is -2.43. The topological polar surface area (TPSA) is 32.7 Å². The lowest BCUT2D eigenvalue weighted by molar-refractivity contribution is -0.121. The van der Waals surface area contributed by atoms with Crippen molar-refractivity contribution in [3.63, 3.8) is 0 Å². The number of amides is 1. The van der Waals surface area contributed by atoms with Gasteiger partial charge in [0.05, 0.1) is 5.92 Å². The van der Waals surface area contributed by atoms with Crippen LogP contribution in [-0.2, 0) is 4.79 Å². The first-order valence-electron chi connectivity index (χ1n) is 7.35. The molecule has 1 aliphatic rings. The molecule has 0 bridgehead atoms. The van der Waals surface area contributed by atoms with E-state index in [9.17, 15) is 4.79 Å². The molecule has 2 atom stereocenters. The van der Waals surface area contributed by atoms with E-state index < -0.39 is 0 Å². The van der Waals surface area contributed by atoms with E-state index in [1.165, 1.54) is 5.56 Å². The van der Waals surface area contributed by atoms with Crippen LogP contribution in [0.15, 0.2) is 35.3 Å². The van der Waals surface area contributed by atoms with Crippen molar-refractivity contribution in [2.24, 2.45) is 10.9 Å². The Morgan fingerprint density at radius 2 is 1.90 bits per heavy atom. The summed E-state index contributed by atoms with van der Waals surface area (Å²) in [6.07, 6.45) is 0. The third kappa shape index (κ3) is 3.67. The predicted octanol–water partition coefficient (Wildman–Crippen LogP) is 3.77. The molecule has 0 spiro atoms. The maximum absolute atomic E-state index is 12.4. The fraction of sp³-hybridized carbons (Fsp3) is 0.529. The highest BCUT2D eigenvalue weighted by molar-refractivity contribution is 8.13. The fourth-order valence-electron chi connectivity index (χ4n) is 2.25. The molecule has 2 unspecified atom stereocenters. The molecule has 1 aromatic rings. The van der Waals surface area contributed by atoms with Crippen LogP contribution in [0.25, 0.3) is 0 Å². The van der Waals surface area contributed by atoms with Crippen molar-refractivity contribution in [1.82, 2.24) is 4.90 Å². The summed E-state index contributed by atoms with van der Waals surface area (Å²) in [4.78, 5) is 18.8. The van der Waals surface area contributed by atoms with Crippen molar-refractivity contribution >= 4 is 22.8 Å². The number of amidine groups is 1. The molecule has 114 valence electrons. The Hall–Kier alpha value is -1.29. The van der Waals surface area contributed by atoms with Gasteiger partial charge in [-0.1, -0.05) is 49.0 Å². The Kier molecular flexibility index (Phi) is 4.77. The minimum atomic E-state index is -0.0329. The summed E-state index contributed by atoms with van der Waals surface area (Å²) < 4.78 is 0. The molecule has 1 aliphatic heterocycles. The summed E-state index contributed by atoms with van der Waals surface area (Å²) in [6.45, 7) is 8.49. The van der Waals surface area contributed by atoms with Gasteiger partial charge < -0.3 is 4.90 Å². The van der Waals surface area contributed by atoms with Crippen LogP contribution in [0.3, 0.4) is 0 Å². The average molecular weight is 304 g/mol. The monoisotopic (exact) mass is 304 g/mol. The van der Waals surface area contributed by atoms with Gasteiger partial charge in [-0.05, 0) is 32.3 Å². The third-order valence-corrected chi connectivity index (χ3v) is 5.29. The van der Waals surface area contributed by atoms with E-state index in [2.05, 4.69) is 49.7 Å². The lowest BCUT2D eigenvalue weighted by Gasteiger charge is -2.36. The molecule has 0 aromatic heterocycles. The molecule has 0 fully saturated rings. The molecular weight excluding hydrogens is 280 g/mol. The van der Waals surface area contributed by atoms with Gasteiger partial charge in [-0.3, -0.25) is 4.79 Å². The highest BCUT2D eigenvalue weighted by Crippen LogP contribution is 2.33. The molecule has 3 nitrogen and oxygen atoms in total. The molecule has 0 saturated carbocycles. The number of rotatable bonds is 2. The average Bonchev–Trinajstić information content (AvgIpc) is 2.45. The molecule has 0 N–H and O–H groups in total. The predicted molar refractivity (Wildman–Crippen MR) is 90.8 cm³/mol. The summed E-state index contributed by atoms with van der Waals surface area (Å²) in [6, 6.07) is 10.2. The van der Waals surface area contributed by atoms with E-state index in [0.717, 1.165) is 10.9 Å². The number of benzene rings is 1. The van der Waals surface area contributed by atoms with Crippen molar-refractivity contribution < 1.29 is 4.79 Å². The molecule has 0 aliphatic carbocycles. The number of hydrogen-bond acceptors (Lipinski definition) is 3. The first-order valence-corrected chi connectivity index (χ1v) is 8.33. The Morgan fingerprint density at radius 1 is 1.29 bits per heavy atom. The van der Waals surface area contributed by atoms with Crippen molar-refractivity contribution in [2.75, 3.05) is 12.8 Å². The van der Waals surface area contributed by atoms with Crippen LogP contribution in [0.5, 0.6) is 0 Å². The Morgan fingerprint density at radius 3 is 2.43 bits per heavy atom. The van der Waals surface area contributed by atoms with Gasteiger partial charge >= 0.3 is 0 Å². The van der Waals surface area contributed by atoms with Crippen LogP contribution < -0.4 is 0 Å². The summed E-state index contributed by atoms with van der Waals surface area (Å²) in [5.41, 5.74) is 1.18. The standard InChI is InChI=1S/C17H24N2OS/c1-12(13-9-7-6-8-10-13)14-11-21-16(18-15(14)20)19(5)17(2,3)4/h6-10,12,14H,11H2,1-5H3. The minimum Gasteiger partial charge on any atom is -0.349 e. The minimum absolute atomic E-state index is 0.0104. The van der Waals surface area contributed by atoms with Crippen LogP contribution in [0, 0.1) is 5.92 Å². The number of carbonyl (C=O) groups is 1. The number of aliphatic imine (C=N–C) groups is 1. The number of nitrogens with zero attached hydrogens (tertiary/aromatic N) is 2. The smallest absolute Gasteiger partial charge is 0.252 e. The Balaban J connectivity index is 2.14. The molecule has 4 heteroatoms.